The monoisotopic (exact) mass is 367 g/mol. The van der Waals surface area contributed by atoms with Gasteiger partial charge in [-0.15, -0.1) is 0 Å². The second kappa shape index (κ2) is 8.45. The fourth-order valence-corrected chi connectivity index (χ4v) is 3.11. The standard InChI is InChI=1S/C20H33NO3S/c1-14(2)24-18(22)16-11-9-15(10-12-16)17(13-19(3,4)5)21-25(23)20(6,7)8/h9-12,14,17,21H,13H2,1-8H3/t17-,25+/m1/s1. The molecule has 1 N–H and O–H groups in total. The van der Waals surface area contributed by atoms with E-state index in [1.807, 2.05) is 46.8 Å². The molecule has 0 saturated carbocycles. The fraction of sp³-hybridized carbons (Fsp3) is 0.650. The van der Waals surface area contributed by atoms with Crippen molar-refractivity contribution in [1.29, 1.82) is 0 Å². The molecule has 0 saturated heterocycles. The molecule has 0 unspecified atom stereocenters. The maximum Gasteiger partial charge on any atom is 0.338 e. The number of benzene rings is 1. The molecule has 0 aliphatic rings. The van der Waals surface area contributed by atoms with Crippen LogP contribution in [0.25, 0.3) is 0 Å². The van der Waals surface area contributed by atoms with Crippen molar-refractivity contribution in [1.82, 2.24) is 4.72 Å². The lowest BCUT2D eigenvalue weighted by atomic mass is 9.86. The van der Waals surface area contributed by atoms with E-state index in [9.17, 15) is 9.00 Å². The van der Waals surface area contributed by atoms with Crippen LogP contribution in [0.1, 0.15) is 83.8 Å². The van der Waals surface area contributed by atoms with Gasteiger partial charge in [0.15, 0.2) is 0 Å². The highest BCUT2D eigenvalue weighted by molar-refractivity contribution is 7.84. The van der Waals surface area contributed by atoms with E-state index >= 15 is 0 Å². The molecule has 0 bridgehead atoms. The molecular formula is C20H33NO3S. The summed E-state index contributed by atoms with van der Waals surface area (Å²) in [6.45, 7) is 16.0. The Bertz CT molecular complexity index is 595. The minimum atomic E-state index is -1.17. The van der Waals surface area contributed by atoms with Crippen molar-refractivity contribution in [2.45, 2.75) is 78.7 Å². The zero-order chi connectivity index (χ0) is 19.4. The Morgan fingerprint density at radius 1 is 1.08 bits per heavy atom. The van der Waals surface area contributed by atoms with Crippen LogP contribution in [0.2, 0.25) is 0 Å². The molecule has 142 valence electrons. The molecule has 1 aromatic carbocycles. The molecule has 0 radical (unpaired) electrons. The van der Waals surface area contributed by atoms with E-state index < -0.39 is 11.0 Å². The van der Waals surface area contributed by atoms with Gasteiger partial charge in [0.05, 0.1) is 27.4 Å². The summed E-state index contributed by atoms with van der Waals surface area (Å²) in [5.74, 6) is -0.319. The number of hydrogen-bond donors (Lipinski definition) is 1. The number of carbonyl (C=O) groups excluding carboxylic acids is 1. The largest absolute Gasteiger partial charge is 0.459 e. The summed E-state index contributed by atoms with van der Waals surface area (Å²) >= 11 is 0. The SMILES string of the molecule is CC(C)OC(=O)c1ccc([C@@H](CC(C)(C)C)N[S@@](=O)C(C)(C)C)cc1. The van der Waals surface area contributed by atoms with Gasteiger partial charge in [0.25, 0.3) is 0 Å². The molecule has 0 aromatic heterocycles. The van der Waals surface area contributed by atoms with Crippen LogP contribution in [0.3, 0.4) is 0 Å². The van der Waals surface area contributed by atoms with Gasteiger partial charge in [-0.25, -0.2) is 13.7 Å². The van der Waals surface area contributed by atoms with Gasteiger partial charge in [0, 0.05) is 6.04 Å². The molecule has 0 amide bonds. The van der Waals surface area contributed by atoms with Gasteiger partial charge < -0.3 is 4.74 Å². The lowest BCUT2D eigenvalue weighted by molar-refractivity contribution is 0.0378. The first-order chi connectivity index (χ1) is 11.3. The Morgan fingerprint density at radius 2 is 1.60 bits per heavy atom. The van der Waals surface area contributed by atoms with Crippen molar-refractivity contribution in [2.75, 3.05) is 0 Å². The van der Waals surface area contributed by atoms with Crippen LogP contribution in [0.5, 0.6) is 0 Å². The molecule has 0 aliphatic heterocycles. The Kier molecular flexibility index (Phi) is 7.39. The second-order valence-corrected chi connectivity index (χ2v) is 10.9. The van der Waals surface area contributed by atoms with E-state index in [0.29, 0.717) is 5.56 Å². The zero-order valence-electron chi connectivity index (χ0n) is 16.8. The molecule has 0 heterocycles. The highest BCUT2D eigenvalue weighted by Crippen LogP contribution is 2.31. The molecule has 5 heteroatoms. The number of nitrogens with one attached hydrogen (secondary N) is 1. The fourth-order valence-electron chi connectivity index (χ4n) is 2.28. The van der Waals surface area contributed by atoms with Gasteiger partial charge in [-0.2, -0.15) is 0 Å². The molecule has 1 aromatic rings. The topological polar surface area (TPSA) is 55.4 Å². The Labute approximate surface area is 155 Å². The third-order valence-electron chi connectivity index (χ3n) is 3.51. The maximum absolute atomic E-state index is 12.6. The number of ether oxygens (including phenoxy) is 1. The van der Waals surface area contributed by atoms with Crippen LogP contribution in [-0.2, 0) is 15.7 Å². The predicted molar refractivity (Wildman–Crippen MR) is 105 cm³/mol. The van der Waals surface area contributed by atoms with Crippen molar-refractivity contribution < 1.29 is 13.7 Å². The molecule has 0 spiro atoms. The lowest BCUT2D eigenvalue weighted by Crippen LogP contribution is -2.37. The van der Waals surface area contributed by atoms with Crippen molar-refractivity contribution in [2.24, 2.45) is 5.41 Å². The van der Waals surface area contributed by atoms with Crippen LogP contribution in [0.15, 0.2) is 24.3 Å². The summed E-state index contributed by atoms with van der Waals surface area (Å²) < 4.78 is 20.7. The van der Waals surface area contributed by atoms with E-state index in [1.54, 1.807) is 12.1 Å². The average Bonchev–Trinajstić information content (AvgIpc) is 2.43. The van der Waals surface area contributed by atoms with E-state index in [0.717, 1.165) is 12.0 Å². The minimum absolute atomic E-state index is 0.0461. The van der Waals surface area contributed by atoms with Gasteiger partial charge in [0.2, 0.25) is 0 Å². The van der Waals surface area contributed by atoms with Crippen LogP contribution < -0.4 is 4.72 Å². The summed E-state index contributed by atoms with van der Waals surface area (Å²) in [5.41, 5.74) is 1.63. The van der Waals surface area contributed by atoms with Gasteiger partial charge >= 0.3 is 5.97 Å². The van der Waals surface area contributed by atoms with Gasteiger partial charge in [-0.3, -0.25) is 0 Å². The van der Waals surface area contributed by atoms with E-state index in [-0.39, 0.29) is 28.3 Å². The molecule has 0 aliphatic carbocycles. The third-order valence-corrected chi connectivity index (χ3v) is 5.12. The number of carbonyl (C=O) groups is 1. The van der Waals surface area contributed by atoms with Crippen molar-refractivity contribution in [3.8, 4) is 0 Å². The summed E-state index contributed by atoms with van der Waals surface area (Å²) in [4.78, 5) is 12.0. The minimum Gasteiger partial charge on any atom is -0.459 e. The van der Waals surface area contributed by atoms with Crippen LogP contribution >= 0.6 is 0 Å². The van der Waals surface area contributed by atoms with Crippen LogP contribution in [0, 0.1) is 5.41 Å². The smallest absolute Gasteiger partial charge is 0.338 e. The highest BCUT2D eigenvalue weighted by atomic mass is 32.2. The molecule has 2 atom stereocenters. The van der Waals surface area contributed by atoms with Gasteiger partial charge in [-0.1, -0.05) is 32.9 Å². The van der Waals surface area contributed by atoms with Gasteiger partial charge in [0.1, 0.15) is 0 Å². The molecule has 25 heavy (non-hydrogen) atoms. The van der Waals surface area contributed by atoms with E-state index in [1.165, 1.54) is 0 Å². The van der Waals surface area contributed by atoms with Crippen LogP contribution in [-0.4, -0.2) is 21.0 Å². The lowest BCUT2D eigenvalue weighted by Gasteiger charge is -2.29. The first kappa shape index (κ1) is 21.8. The summed E-state index contributed by atoms with van der Waals surface area (Å²) in [7, 11) is -1.17. The van der Waals surface area contributed by atoms with E-state index in [4.69, 9.17) is 4.74 Å². The first-order valence-electron chi connectivity index (χ1n) is 8.78. The van der Waals surface area contributed by atoms with Crippen LogP contribution in [0.4, 0.5) is 0 Å². The average molecular weight is 368 g/mol. The Hall–Kier alpha value is -1.20. The molecular weight excluding hydrogens is 334 g/mol. The highest BCUT2D eigenvalue weighted by Gasteiger charge is 2.27. The number of esters is 1. The van der Waals surface area contributed by atoms with Crippen molar-refractivity contribution in [3.63, 3.8) is 0 Å². The normalized spacial score (nSPS) is 15.1. The second-order valence-electron chi connectivity index (χ2n) is 8.89. The third kappa shape index (κ3) is 7.70. The quantitative estimate of drug-likeness (QED) is 0.736. The molecule has 4 nitrogen and oxygen atoms in total. The summed E-state index contributed by atoms with van der Waals surface area (Å²) in [5, 5.41) is 0. The number of rotatable bonds is 6. The summed E-state index contributed by atoms with van der Waals surface area (Å²) in [6, 6.07) is 7.34. The Morgan fingerprint density at radius 3 is 2.00 bits per heavy atom. The van der Waals surface area contributed by atoms with Gasteiger partial charge in [-0.05, 0) is 64.2 Å². The summed E-state index contributed by atoms with van der Waals surface area (Å²) in [6.07, 6.45) is 0.696. The van der Waals surface area contributed by atoms with Crippen molar-refractivity contribution in [3.05, 3.63) is 35.4 Å². The van der Waals surface area contributed by atoms with Crippen molar-refractivity contribution >= 4 is 17.0 Å². The maximum atomic E-state index is 12.6. The molecule has 0 fully saturated rings. The predicted octanol–water partition coefficient (Wildman–Crippen LogP) is 4.78. The Balaban J connectivity index is 3.02. The molecule has 1 rings (SSSR count). The number of hydrogen-bond acceptors (Lipinski definition) is 3. The zero-order valence-corrected chi connectivity index (χ0v) is 17.6. The first-order valence-corrected chi connectivity index (χ1v) is 9.93. The van der Waals surface area contributed by atoms with E-state index in [2.05, 4.69) is 25.5 Å².